The molecule has 3 N–H and O–H groups in total. The van der Waals surface area contributed by atoms with Gasteiger partial charge in [0.1, 0.15) is 17.7 Å². The third-order valence-electron chi connectivity index (χ3n) is 7.29. The molecule has 2 aliphatic carbocycles. The molecule has 11 heteroatoms. The Bertz CT molecular complexity index is 1060. The SMILES string of the molecule is O=C1N([C@@H]2CCC[C@@H](O)C2)c2nc(Nc3cn[nH]c3OC[C@H]3COC[C@H]3F)ncc2C12CC2. The Morgan fingerprint density at radius 1 is 1.33 bits per heavy atom. The zero-order valence-corrected chi connectivity index (χ0v) is 18.2. The van der Waals surface area contributed by atoms with Gasteiger partial charge in [-0.05, 0) is 38.5 Å². The summed E-state index contributed by atoms with van der Waals surface area (Å²) in [7, 11) is 0. The average Bonchev–Trinajstić information content (AvgIpc) is 3.22. The van der Waals surface area contributed by atoms with Crippen molar-refractivity contribution in [2.45, 2.75) is 62.3 Å². The molecular weight excluding hydrogens is 431 g/mol. The van der Waals surface area contributed by atoms with Crippen molar-refractivity contribution in [3.8, 4) is 5.88 Å². The van der Waals surface area contributed by atoms with Crippen LogP contribution in [0.15, 0.2) is 12.4 Å². The molecule has 0 bridgehead atoms. The number of hydrogen-bond donors (Lipinski definition) is 3. The minimum atomic E-state index is -1.04. The van der Waals surface area contributed by atoms with E-state index in [0.29, 0.717) is 36.4 Å². The smallest absolute Gasteiger partial charge is 0.239 e. The molecule has 33 heavy (non-hydrogen) atoms. The molecule has 0 unspecified atom stereocenters. The summed E-state index contributed by atoms with van der Waals surface area (Å²) >= 11 is 0. The first-order chi connectivity index (χ1) is 16.0. The van der Waals surface area contributed by atoms with Crippen molar-refractivity contribution >= 4 is 23.4 Å². The third kappa shape index (κ3) is 3.54. The summed E-state index contributed by atoms with van der Waals surface area (Å²) < 4.78 is 24.7. The number of anilines is 3. The minimum Gasteiger partial charge on any atom is -0.476 e. The fraction of sp³-hybridized carbons (Fsp3) is 0.636. The average molecular weight is 458 g/mol. The Balaban J connectivity index is 1.23. The second-order valence-electron chi connectivity index (χ2n) is 9.52. The normalized spacial score (nSPS) is 30.0. The first-order valence-corrected chi connectivity index (χ1v) is 11.6. The van der Waals surface area contributed by atoms with E-state index in [4.69, 9.17) is 14.5 Å². The summed E-state index contributed by atoms with van der Waals surface area (Å²) in [5, 5.41) is 20.1. The lowest BCUT2D eigenvalue weighted by Gasteiger charge is -2.33. The lowest BCUT2D eigenvalue weighted by Crippen LogP contribution is -2.44. The van der Waals surface area contributed by atoms with Crippen LogP contribution in [0.2, 0.25) is 0 Å². The van der Waals surface area contributed by atoms with E-state index in [2.05, 4.69) is 20.5 Å². The fourth-order valence-corrected chi connectivity index (χ4v) is 5.23. The van der Waals surface area contributed by atoms with Gasteiger partial charge in [0.15, 0.2) is 0 Å². The second-order valence-corrected chi connectivity index (χ2v) is 9.52. The van der Waals surface area contributed by atoms with E-state index < -0.39 is 17.7 Å². The predicted octanol–water partition coefficient (Wildman–Crippen LogP) is 1.99. The number of aliphatic hydroxyl groups excluding tert-OH is 1. The number of alkyl halides is 1. The molecule has 10 nitrogen and oxygen atoms in total. The van der Waals surface area contributed by atoms with Crippen molar-refractivity contribution in [3.63, 3.8) is 0 Å². The molecule has 0 radical (unpaired) electrons. The minimum absolute atomic E-state index is 0.0576. The number of aromatic amines is 1. The highest BCUT2D eigenvalue weighted by molar-refractivity contribution is 6.09. The first kappa shape index (κ1) is 20.8. The molecule has 4 aliphatic rings. The maximum atomic E-state index is 13.8. The molecule has 3 fully saturated rings. The molecule has 4 heterocycles. The summed E-state index contributed by atoms with van der Waals surface area (Å²) in [4.78, 5) is 24.3. The number of H-pyrrole nitrogens is 1. The Hall–Kier alpha value is -2.79. The molecule has 6 rings (SSSR count). The van der Waals surface area contributed by atoms with E-state index in [-0.39, 0.29) is 31.1 Å². The number of aliphatic hydroxyl groups is 1. The van der Waals surface area contributed by atoms with Gasteiger partial charge in [0.25, 0.3) is 0 Å². The molecule has 4 atom stereocenters. The molecule has 0 aromatic carbocycles. The second kappa shape index (κ2) is 7.91. The van der Waals surface area contributed by atoms with Crippen LogP contribution in [0.5, 0.6) is 5.88 Å². The van der Waals surface area contributed by atoms with Crippen molar-refractivity contribution in [2.75, 3.05) is 30.0 Å². The van der Waals surface area contributed by atoms with Crippen molar-refractivity contribution in [1.29, 1.82) is 0 Å². The highest BCUT2D eigenvalue weighted by Gasteiger charge is 2.61. The van der Waals surface area contributed by atoms with Gasteiger partial charge >= 0.3 is 0 Å². The molecule has 1 amide bonds. The summed E-state index contributed by atoms with van der Waals surface area (Å²) in [6, 6.07) is -0.0576. The monoisotopic (exact) mass is 458 g/mol. The topological polar surface area (TPSA) is 125 Å². The zero-order valence-electron chi connectivity index (χ0n) is 18.2. The number of nitrogens with zero attached hydrogens (tertiary/aromatic N) is 4. The summed E-state index contributed by atoms with van der Waals surface area (Å²) in [5.74, 6) is 1.07. The van der Waals surface area contributed by atoms with E-state index in [9.17, 15) is 14.3 Å². The van der Waals surface area contributed by atoms with Crippen molar-refractivity contribution < 1.29 is 23.8 Å². The van der Waals surface area contributed by atoms with E-state index in [0.717, 1.165) is 37.7 Å². The van der Waals surface area contributed by atoms with Crippen molar-refractivity contribution in [3.05, 3.63) is 18.0 Å². The van der Waals surface area contributed by atoms with Gasteiger partial charge in [-0.3, -0.25) is 9.69 Å². The zero-order chi connectivity index (χ0) is 22.6. The highest BCUT2D eigenvalue weighted by Crippen LogP contribution is 2.57. The molecule has 1 saturated heterocycles. The van der Waals surface area contributed by atoms with Gasteiger partial charge in [0, 0.05) is 17.8 Å². The molecule has 176 valence electrons. The highest BCUT2D eigenvalue weighted by atomic mass is 19.1. The van der Waals surface area contributed by atoms with Gasteiger partial charge in [-0.15, -0.1) is 0 Å². The lowest BCUT2D eigenvalue weighted by atomic mass is 9.92. The Kier molecular flexibility index (Phi) is 4.98. The summed E-state index contributed by atoms with van der Waals surface area (Å²) in [5.41, 5.74) is 0.901. The van der Waals surface area contributed by atoms with Crippen molar-refractivity contribution in [1.82, 2.24) is 20.2 Å². The molecule has 2 aromatic heterocycles. The Morgan fingerprint density at radius 3 is 2.97 bits per heavy atom. The third-order valence-corrected chi connectivity index (χ3v) is 7.29. The molecule has 1 spiro atoms. The standard InChI is InChI=1S/C22H27FN6O4/c23-16-11-32-9-12(16)10-33-19-17(8-25-28-19)26-21-24-7-15-18(27-21)29(20(31)22(15)4-5-22)13-2-1-3-14(30)6-13/h7-8,12-14,16,30H,1-6,9-11H2,(H,25,28)(H,24,26,27)/t12-,13-,14-,16-/m1/s1. The van der Waals surface area contributed by atoms with Crippen LogP contribution in [0, 0.1) is 5.92 Å². The number of nitrogens with one attached hydrogen (secondary N) is 2. The number of ether oxygens (including phenoxy) is 2. The largest absolute Gasteiger partial charge is 0.476 e. The fourth-order valence-electron chi connectivity index (χ4n) is 5.23. The Labute approximate surface area is 189 Å². The number of halogens is 1. The predicted molar refractivity (Wildman–Crippen MR) is 115 cm³/mol. The van der Waals surface area contributed by atoms with Crippen LogP contribution in [-0.2, 0) is 14.9 Å². The molecule has 2 aliphatic heterocycles. The van der Waals surface area contributed by atoms with Crippen LogP contribution < -0.4 is 15.0 Å². The Morgan fingerprint density at radius 2 is 2.21 bits per heavy atom. The number of amides is 1. The number of fused-ring (bicyclic) bond motifs is 2. The van der Waals surface area contributed by atoms with Gasteiger partial charge in [-0.25, -0.2) is 14.5 Å². The van der Waals surface area contributed by atoms with E-state index >= 15 is 0 Å². The van der Waals surface area contributed by atoms with Crippen LogP contribution in [-0.4, -0.2) is 69.3 Å². The van der Waals surface area contributed by atoms with Crippen LogP contribution in [0.3, 0.4) is 0 Å². The number of hydrogen-bond acceptors (Lipinski definition) is 8. The molecule has 2 saturated carbocycles. The van der Waals surface area contributed by atoms with Crippen LogP contribution in [0.25, 0.3) is 0 Å². The summed E-state index contributed by atoms with van der Waals surface area (Å²) in [6.45, 7) is 0.588. The molecular formula is C22H27FN6O4. The maximum absolute atomic E-state index is 13.8. The van der Waals surface area contributed by atoms with Crippen LogP contribution >= 0.6 is 0 Å². The van der Waals surface area contributed by atoms with Gasteiger partial charge in [-0.2, -0.15) is 10.1 Å². The van der Waals surface area contributed by atoms with Gasteiger partial charge in [0.05, 0.1) is 43.5 Å². The quantitative estimate of drug-likeness (QED) is 0.600. The van der Waals surface area contributed by atoms with E-state index in [1.165, 1.54) is 0 Å². The van der Waals surface area contributed by atoms with Gasteiger partial charge in [0.2, 0.25) is 17.7 Å². The van der Waals surface area contributed by atoms with E-state index in [1.807, 2.05) is 0 Å². The van der Waals surface area contributed by atoms with Crippen molar-refractivity contribution in [2.24, 2.45) is 5.92 Å². The summed E-state index contributed by atoms with van der Waals surface area (Å²) in [6.07, 6.45) is 6.53. The van der Waals surface area contributed by atoms with E-state index in [1.54, 1.807) is 17.3 Å². The number of aromatic nitrogens is 4. The molecule has 2 aromatic rings. The van der Waals surface area contributed by atoms with Gasteiger partial charge in [-0.1, -0.05) is 0 Å². The number of carbonyl (C=O) groups excluding carboxylic acids is 1. The maximum Gasteiger partial charge on any atom is 0.239 e. The lowest BCUT2D eigenvalue weighted by molar-refractivity contribution is -0.121. The number of rotatable bonds is 6. The van der Waals surface area contributed by atoms with Gasteiger partial charge < -0.3 is 19.9 Å². The van der Waals surface area contributed by atoms with Crippen LogP contribution in [0.1, 0.15) is 44.1 Å². The first-order valence-electron chi connectivity index (χ1n) is 11.6. The number of carbonyl (C=O) groups is 1. The van der Waals surface area contributed by atoms with Crippen LogP contribution in [0.4, 0.5) is 21.8 Å².